The summed E-state index contributed by atoms with van der Waals surface area (Å²) < 4.78 is 42.2. The van der Waals surface area contributed by atoms with Gasteiger partial charge in [-0.25, -0.2) is 12.8 Å². The van der Waals surface area contributed by atoms with Gasteiger partial charge >= 0.3 is 0 Å². The van der Waals surface area contributed by atoms with Crippen LogP contribution >= 0.6 is 0 Å². The number of rotatable bonds is 7. The molecule has 2 aromatic rings. The normalized spacial score (nSPS) is 24.8. The molecule has 0 unspecified atom stereocenters. The number of carbonyl (C=O) groups excluding carboxylic acids is 1. The van der Waals surface area contributed by atoms with E-state index in [0.29, 0.717) is 41.7 Å². The Morgan fingerprint density at radius 3 is 2.44 bits per heavy atom. The van der Waals surface area contributed by atoms with Gasteiger partial charge in [0.05, 0.1) is 17.0 Å². The van der Waals surface area contributed by atoms with Gasteiger partial charge in [-0.2, -0.15) is 9.57 Å². The second kappa shape index (κ2) is 10.3. The highest BCUT2D eigenvalue weighted by Crippen LogP contribution is 2.35. The first kappa shape index (κ1) is 24.9. The number of carbonyl (C=O) groups is 1. The Morgan fingerprint density at radius 1 is 1.11 bits per heavy atom. The second-order valence-corrected chi connectivity index (χ2v) is 12.0. The van der Waals surface area contributed by atoms with Crippen molar-refractivity contribution in [3.8, 4) is 17.2 Å². The monoisotopic (exact) mass is 510 g/mol. The average Bonchev–Trinajstić information content (AvgIpc) is 3.54. The second-order valence-electron chi connectivity index (χ2n) is 10.1. The van der Waals surface area contributed by atoms with Crippen molar-refractivity contribution < 1.29 is 17.6 Å². The molecule has 1 saturated carbocycles. The van der Waals surface area contributed by atoms with E-state index in [1.165, 1.54) is 10.4 Å². The van der Waals surface area contributed by atoms with Crippen LogP contribution in [0.1, 0.15) is 44.1 Å². The first-order valence-electron chi connectivity index (χ1n) is 12.7. The van der Waals surface area contributed by atoms with Crippen LogP contribution in [0.4, 0.5) is 4.39 Å². The van der Waals surface area contributed by atoms with E-state index in [0.717, 1.165) is 38.5 Å². The summed E-state index contributed by atoms with van der Waals surface area (Å²) >= 11 is 0. The van der Waals surface area contributed by atoms with Crippen molar-refractivity contribution in [1.82, 2.24) is 14.9 Å². The molecule has 2 bridgehead atoms. The first-order valence-corrected chi connectivity index (χ1v) is 14.1. The summed E-state index contributed by atoms with van der Waals surface area (Å²) in [6.07, 6.45) is 5.97. The van der Waals surface area contributed by atoms with E-state index in [2.05, 4.69) is 16.7 Å². The quantitative estimate of drug-likeness (QED) is 0.595. The Bertz CT molecular complexity index is 1270. The number of benzene rings is 2. The number of fused-ring (bicyclic) bond motifs is 2. The minimum absolute atomic E-state index is 0.0716. The lowest BCUT2D eigenvalue weighted by atomic mass is 9.98. The zero-order valence-electron chi connectivity index (χ0n) is 20.1. The van der Waals surface area contributed by atoms with E-state index in [9.17, 15) is 22.9 Å². The molecule has 2 saturated heterocycles. The Hall–Kier alpha value is -2.80. The third kappa shape index (κ3) is 5.03. The standard InChI is InChI=1S/C27H31FN4O3S/c28-25-16-19(18-7-10-24(11-8-18)36(34,35)32-12-2-1-3-13-32)4-5-20(25)14-23(17-29)31-27(33)26-21-6-9-22(15-21)30-26/h4-5,7-8,10-11,16,21-23,26,30H,1-3,6,9,12-15H2,(H,31,33)/t21-,22+,23-,26-/m0/s1. The summed E-state index contributed by atoms with van der Waals surface area (Å²) in [5, 5.41) is 15.6. The zero-order valence-corrected chi connectivity index (χ0v) is 20.9. The molecule has 1 amide bonds. The number of amides is 1. The van der Waals surface area contributed by atoms with Gasteiger partial charge in [0.15, 0.2) is 0 Å². The van der Waals surface area contributed by atoms with Gasteiger partial charge in [-0.3, -0.25) is 4.79 Å². The number of halogens is 1. The van der Waals surface area contributed by atoms with Crippen LogP contribution in [0.2, 0.25) is 0 Å². The third-order valence-corrected chi connectivity index (χ3v) is 9.65. The van der Waals surface area contributed by atoms with E-state index >= 15 is 0 Å². The van der Waals surface area contributed by atoms with Crippen LogP contribution < -0.4 is 10.6 Å². The summed E-state index contributed by atoms with van der Waals surface area (Å²) in [7, 11) is -3.52. The minimum atomic E-state index is -3.52. The molecule has 36 heavy (non-hydrogen) atoms. The number of nitrogens with one attached hydrogen (secondary N) is 2. The molecular formula is C27H31FN4O3S. The molecule has 0 radical (unpaired) electrons. The Kier molecular flexibility index (Phi) is 7.11. The molecule has 3 aliphatic rings. The first-order chi connectivity index (χ1) is 17.3. The summed E-state index contributed by atoms with van der Waals surface area (Å²) in [6.45, 7) is 1.08. The van der Waals surface area contributed by atoms with Gasteiger partial charge in [0.25, 0.3) is 0 Å². The predicted molar refractivity (Wildman–Crippen MR) is 134 cm³/mol. The van der Waals surface area contributed by atoms with Crippen molar-refractivity contribution in [2.24, 2.45) is 5.92 Å². The van der Waals surface area contributed by atoms with Gasteiger partial charge in [0, 0.05) is 25.6 Å². The lowest BCUT2D eigenvalue weighted by Gasteiger charge is -2.25. The fraction of sp³-hybridized carbons (Fsp3) is 0.481. The van der Waals surface area contributed by atoms with Gasteiger partial charge in [-0.1, -0.05) is 30.7 Å². The van der Waals surface area contributed by atoms with Crippen LogP contribution in [-0.4, -0.2) is 49.8 Å². The summed E-state index contributed by atoms with van der Waals surface area (Å²) in [5.41, 5.74) is 1.66. The highest BCUT2D eigenvalue weighted by atomic mass is 32.2. The number of piperidine rings is 2. The molecule has 5 rings (SSSR count). The number of hydrogen-bond donors (Lipinski definition) is 2. The van der Waals surface area contributed by atoms with E-state index < -0.39 is 21.9 Å². The van der Waals surface area contributed by atoms with Gasteiger partial charge in [0.1, 0.15) is 11.9 Å². The van der Waals surface area contributed by atoms with Crippen LogP contribution in [0, 0.1) is 23.1 Å². The third-order valence-electron chi connectivity index (χ3n) is 7.73. The number of hydrogen-bond acceptors (Lipinski definition) is 5. The van der Waals surface area contributed by atoms with Crippen molar-refractivity contribution in [1.29, 1.82) is 5.26 Å². The Balaban J connectivity index is 1.24. The summed E-state index contributed by atoms with van der Waals surface area (Å²) in [4.78, 5) is 12.9. The number of sulfonamides is 1. The molecule has 4 atom stereocenters. The SMILES string of the molecule is N#C[C@H](Cc1ccc(-c2ccc(S(=O)(=O)N3CCCCC3)cc2)cc1F)NC(=O)[C@H]1N[C@@H]2CC[C@H]1C2. The van der Waals surface area contributed by atoms with E-state index in [1.807, 2.05) is 0 Å². The smallest absolute Gasteiger partial charge is 0.243 e. The van der Waals surface area contributed by atoms with Crippen molar-refractivity contribution in [3.63, 3.8) is 0 Å². The minimum Gasteiger partial charge on any atom is -0.339 e. The fourth-order valence-electron chi connectivity index (χ4n) is 5.73. The predicted octanol–water partition coefficient (Wildman–Crippen LogP) is 3.36. The maximum Gasteiger partial charge on any atom is 0.243 e. The molecule has 2 aromatic carbocycles. The summed E-state index contributed by atoms with van der Waals surface area (Å²) in [6, 6.07) is 12.6. The van der Waals surface area contributed by atoms with Gasteiger partial charge in [-0.15, -0.1) is 0 Å². The highest BCUT2D eigenvalue weighted by molar-refractivity contribution is 7.89. The molecule has 2 N–H and O–H groups in total. The van der Waals surface area contributed by atoms with Crippen LogP contribution in [0.25, 0.3) is 11.1 Å². The average molecular weight is 511 g/mol. The summed E-state index contributed by atoms with van der Waals surface area (Å²) in [5.74, 6) is -0.345. The fourth-order valence-corrected chi connectivity index (χ4v) is 7.24. The van der Waals surface area contributed by atoms with E-state index in [4.69, 9.17) is 0 Å². The van der Waals surface area contributed by atoms with Crippen molar-refractivity contribution in [2.45, 2.75) is 68.0 Å². The molecule has 2 heterocycles. The Morgan fingerprint density at radius 2 is 1.83 bits per heavy atom. The van der Waals surface area contributed by atoms with E-state index in [-0.39, 0.29) is 23.3 Å². The van der Waals surface area contributed by atoms with Crippen molar-refractivity contribution in [2.75, 3.05) is 13.1 Å². The maximum absolute atomic E-state index is 15.0. The van der Waals surface area contributed by atoms with Crippen molar-refractivity contribution >= 4 is 15.9 Å². The number of nitriles is 1. The molecular weight excluding hydrogens is 479 g/mol. The lowest BCUT2D eigenvalue weighted by Crippen LogP contribution is -2.50. The molecule has 9 heteroatoms. The molecule has 0 spiro atoms. The molecule has 1 aliphatic carbocycles. The highest BCUT2D eigenvalue weighted by Gasteiger charge is 2.43. The Labute approximate surface area is 211 Å². The molecule has 3 fully saturated rings. The van der Waals surface area contributed by atoms with Gasteiger partial charge in [-0.05, 0) is 72.9 Å². The van der Waals surface area contributed by atoms with Crippen LogP contribution in [0.3, 0.4) is 0 Å². The zero-order chi connectivity index (χ0) is 25.3. The van der Waals surface area contributed by atoms with Gasteiger partial charge in [0.2, 0.25) is 15.9 Å². The van der Waals surface area contributed by atoms with Crippen LogP contribution in [-0.2, 0) is 21.2 Å². The lowest BCUT2D eigenvalue weighted by molar-refractivity contribution is -0.124. The largest absolute Gasteiger partial charge is 0.339 e. The maximum atomic E-state index is 15.0. The van der Waals surface area contributed by atoms with Crippen LogP contribution in [0.5, 0.6) is 0 Å². The number of nitrogens with zero attached hydrogens (tertiary/aromatic N) is 2. The van der Waals surface area contributed by atoms with Crippen molar-refractivity contribution in [3.05, 3.63) is 53.8 Å². The molecule has 7 nitrogen and oxygen atoms in total. The molecule has 2 aliphatic heterocycles. The van der Waals surface area contributed by atoms with Crippen LogP contribution in [0.15, 0.2) is 47.4 Å². The van der Waals surface area contributed by atoms with E-state index in [1.54, 1.807) is 36.4 Å². The topological polar surface area (TPSA) is 102 Å². The van der Waals surface area contributed by atoms with Gasteiger partial charge < -0.3 is 10.6 Å². The molecule has 0 aromatic heterocycles. The molecule has 190 valence electrons.